The topological polar surface area (TPSA) is 54.4 Å². The largest absolute Gasteiger partial charge is 0.489 e. The minimum absolute atomic E-state index is 0.0955. The van der Waals surface area contributed by atoms with Crippen molar-refractivity contribution in [3.8, 4) is 5.75 Å². The summed E-state index contributed by atoms with van der Waals surface area (Å²) in [5.74, 6) is 0.817. The molecule has 0 unspecified atom stereocenters. The second-order valence-electron chi connectivity index (χ2n) is 5.00. The molecule has 0 amide bonds. The molecule has 2 aromatic carbocycles. The SMILES string of the molecule is OCCNc1cnc2ccc(OCc3ccccc3)cc2c1. The van der Waals surface area contributed by atoms with E-state index in [4.69, 9.17) is 9.84 Å². The lowest BCUT2D eigenvalue weighted by Gasteiger charge is -2.09. The van der Waals surface area contributed by atoms with Gasteiger partial charge in [-0.05, 0) is 29.8 Å². The van der Waals surface area contributed by atoms with Crippen LogP contribution in [0.3, 0.4) is 0 Å². The predicted molar refractivity (Wildman–Crippen MR) is 88.1 cm³/mol. The van der Waals surface area contributed by atoms with E-state index in [2.05, 4.69) is 10.3 Å². The summed E-state index contributed by atoms with van der Waals surface area (Å²) in [5.41, 5.74) is 2.95. The Balaban J connectivity index is 1.76. The molecule has 3 rings (SSSR count). The van der Waals surface area contributed by atoms with E-state index in [1.807, 2.05) is 54.6 Å². The third-order valence-electron chi connectivity index (χ3n) is 3.34. The fraction of sp³-hybridized carbons (Fsp3) is 0.167. The van der Waals surface area contributed by atoms with Gasteiger partial charge in [-0.2, -0.15) is 0 Å². The minimum Gasteiger partial charge on any atom is -0.489 e. The summed E-state index contributed by atoms with van der Waals surface area (Å²) in [6.45, 7) is 1.15. The summed E-state index contributed by atoms with van der Waals surface area (Å²) < 4.78 is 5.83. The van der Waals surface area contributed by atoms with E-state index in [9.17, 15) is 0 Å². The lowest BCUT2D eigenvalue weighted by atomic mass is 10.2. The van der Waals surface area contributed by atoms with Crippen molar-refractivity contribution in [2.75, 3.05) is 18.5 Å². The van der Waals surface area contributed by atoms with Gasteiger partial charge in [-0.3, -0.25) is 4.98 Å². The highest BCUT2D eigenvalue weighted by atomic mass is 16.5. The molecule has 112 valence electrons. The van der Waals surface area contributed by atoms with E-state index in [0.29, 0.717) is 13.2 Å². The maximum Gasteiger partial charge on any atom is 0.120 e. The zero-order valence-electron chi connectivity index (χ0n) is 12.2. The highest BCUT2D eigenvalue weighted by molar-refractivity contribution is 5.83. The van der Waals surface area contributed by atoms with Crippen LogP contribution in [0.2, 0.25) is 0 Å². The van der Waals surface area contributed by atoms with Crippen molar-refractivity contribution in [2.45, 2.75) is 6.61 Å². The van der Waals surface area contributed by atoms with Gasteiger partial charge in [0.15, 0.2) is 0 Å². The van der Waals surface area contributed by atoms with Crippen LogP contribution in [0.15, 0.2) is 60.8 Å². The van der Waals surface area contributed by atoms with E-state index in [1.54, 1.807) is 6.20 Å². The Morgan fingerprint density at radius 3 is 2.73 bits per heavy atom. The number of ether oxygens (including phenoxy) is 1. The number of nitrogens with zero attached hydrogens (tertiary/aromatic N) is 1. The first-order chi connectivity index (χ1) is 10.8. The number of hydrogen-bond donors (Lipinski definition) is 2. The Labute approximate surface area is 129 Å². The van der Waals surface area contributed by atoms with E-state index >= 15 is 0 Å². The van der Waals surface area contributed by atoms with Gasteiger partial charge < -0.3 is 15.2 Å². The summed E-state index contributed by atoms with van der Waals surface area (Å²) >= 11 is 0. The molecule has 1 aromatic heterocycles. The molecule has 0 aliphatic carbocycles. The van der Waals surface area contributed by atoms with Crippen LogP contribution < -0.4 is 10.1 Å². The monoisotopic (exact) mass is 294 g/mol. The van der Waals surface area contributed by atoms with E-state index < -0.39 is 0 Å². The summed E-state index contributed by atoms with van der Waals surface area (Å²) in [4.78, 5) is 4.39. The summed E-state index contributed by atoms with van der Waals surface area (Å²) in [5, 5.41) is 13.0. The van der Waals surface area contributed by atoms with Gasteiger partial charge >= 0.3 is 0 Å². The van der Waals surface area contributed by atoms with Crippen molar-refractivity contribution in [2.24, 2.45) is 0 Å². The number of aliphatic hydroxyl groups excluding tert-OH is 1. The Kier molecular flexibility index (Phi) is 4.51. The average Bonchev–Trinajstić information content (AvgIpc) is 2.58. The highest BCUT2D eigenvalue weighted by Crippen LogP contribution is 2.22. The maximum atomic E-state index is 8.86. The van der Waals surface area contributed by atoms with Crippen molar-refractivity contribution in [3.05, 3.63) is 66.4 Å². The number of aromatic nitrogens is 1. The molecule has 4 nitrogen and oxygen atoms in total. The molecule has 0 saturated carbocycles. The number of pyridine rings is 1. The smallest absolute Gasteiger partial charge is 0.120 e. The van der Waals surface area contributed by atoms with Crippen LogP contribution in [0, 0.1) is 0 Å². The van der Waals surface area contributed by atoms with Crippen molar-refractivity contribution >= 4 is 16.6 Å². The highest BCUT2D eigenvalue weighted by Gasteiger charge is 2.01. The number of rotatable bonds is 6. The van der Waals surface area contributed by atoms with Gasteiger partial charge in [-0.15, -0.1) is 0 Å². The van der Waals surface area contributed by atoms with Crippen LogP contribution in [0.25, 0.3) is 10.9 Å². The van der Waals surface area contributed by atoms with E-state index in [1.165, 1.54) is 0 Å². The number of fused-ring (bicyclic) bond motifs is 1. The molecular formula is C18H18N2O2. The van der Waals surface area contributed by atoms with Gasteiger partial charge in [0.25, 0.3) is 0 Å². The fourth-order valence-corrected chi connectivity index (χ4v) is 2.24. The van der Waals surface area contributed by atoms with Crippen LogP contribution in [0.4, 0.5) is 5.69 Å². The predicted octanol–water partition coefficient (Wildman–Crippen LogP) is 3.22. The quantitative estimate of drug-likeness (QED) is 0.733. The molecule has 3 aromatic rings. The number of nitrogens with one attached hydrogen (secondary N) is 1. The Bertz CT molecular complexity index is 744. The van der Waals surface area contributed by atoms with Crippen LogP contribution in [-0.4, -0.2) is 23.2 Å². The number of hydrogen-bond acceptors (Lipinski definition) is 4. The zero-order valence-corrected chi connectivity index (χ0v) is 12.2. The molecule has 4 heteroatoms. The molecule has 0 aliphatic rings. The second-order valence-corrected chi connectivity index (χ2v) is 5.00. The second kappa shape index (κ2) is 6.91. The lowest BCUT2D eigenvalue weighted by Crippen LogP contribution is -2.05. The number of benzene rings is 2. The van der Waals surface area contributed by atoms with Crippen molar-refractivity contribution in [1.29, 1.82) is 0 Å². The average molecular weight is 294 g/mol. The Hall–Kier alpha value is -2.59. The van der Waals surface area contributed by atoms with Crippen LogP contribution in [-0.2, 0) is 6.61 Å². The maximum absolute atomic E-state index is 8.86. The van der Waals surface area contributed by atoms with Gasteiger partial charge in [0.2, 0.25) is 0 Å². The molecule has 0 radical (unpaired) electrons. The first-order valence-electron chi connectivity index (χ1n) is 7.26. The molecule has 2 N–H and O–H groups in total. The third kappa shape index (κ3) is 3.54. The molecule has 0 fully saturated rings. The van der Waals surface area contributed by atoms with Gasteiger partial charge in [-0.1, -0.05) is 30.3 Å². The van der Waals surface area contributed by atoms with Gasteiger partial charge in [-0.25, -0.2) is 0 Å². The van der Waals surface area contributed by atoms with Gasteiger partial charge in [0.1, 0.15) is 12.4 Å². The van der Waals surface area contributed by atoms with Crippen molar-refractivity contribution in [3.63, 3.8) is 0 Å². The number of aliphatic hydroxyl groups is 1. The summed E-state index contributed by atoms with van der Waals surface area (Å²) in [7, 11) is 0. The molecule has 22 heavy (non-hydrogen) atoms. The normalized spacial score (nSPS) is 10.6. The fourth-order valence-electron chi connectivity index (χ4n) is 2.24. The van der Waals surface area contributed by atoms with E-state index in [0.717, 1.165) is 27.9 Å². The summed E-state index contributed by atoms with van der Waals surface area (Å²) in [6.07, 6.45) is 1.77. The minimum atomic E-state index is 0.0955. The van der Waals surface area contributed by atoms with Crippen molar-refractivity contribution < 1.29 is 9.84 Å². The zero-order chi connectivity index (χ0) is 15.2. The third-order valence-corrected chi connectivity index (χ3v) is 3.34. The first kappa shape index (κ1) is 14.4. The summed E-state index contributed by atoms with van der Waals surface area (Å²) in [6, 6.07) is 17.9. The lowest BCUT2D eigenvalue weighted by molar-refractivity contribution is 0.306. The Morgan fingerprint density at radius 2 is 1.91 bits per heavy atom. The van der Waals surface area contributed by atoms with E-state index in [-0.39, 0.29) is 6.61 Å². The van der Waals surface area contributed by atoms with Crippen LogP contribution >= 0.6 is 0 Å². The van der Waals surface area contributed by atoms with Gasteiger partial charge in [0, 0.05) is 11.9 Å². The standard InChI is InChI=1S/C18H18N2O2/c21-9-8-19-16-10-15-11-17(6-7-18(15)20-12-16)22-13-14-4-2-1-3-5-14/h1-7,10-12,19,21H,8-9,13H2. The molecule has 0 bridgehead atoms. The number of anilines is 1. The van der Waals surface area contributed by atoms with Crippen LogP contribution in [0.5, 0.6) is 5.75 Å². The Morgan fingerprint density at radius 1 is 1.05 bits per heavy atom. The van der Waals surface area contributed by atoms with Gasteiger partial charge in [0.05, 0.1) is 24.0 Å². The molecule has 0 saturated heterocycles. The molecule has 0 atom stereocenters. The molecule has 1 heterocycles. The molecule has 0 aliphatic heterocycles. The molecule has 0 spiro atoms. The van der Waals surface area contributed by atoms with Crippen LogP contribution in [0.1, 0.15) is 5.56 Å². The van der Waals surface area contributed by atoms with Crippen molar-refractivity contribution in [1.82, 2.24) is 4.98 Å². The molecular weight excluding hydrogens is 276 g/mol. The first-order valence-corrected chi connectivity index (χ1v) is 7.26.